The van der Waals surface area contributed by atoms with E-state index in [1.54, 1.807) is 11.8 Å². The van der Waals surface area contributed by atoms with Crippen LogP contribution in [-0.4, -0.2) is 37.2 Å². The fourth-order valence-electron chi connectivity index (χ4n) is 1.38. The van der Waals surface area contributed by atoms with Gasteiger partial charge in [0.05, 0.1) is 0 Å². The monoisotopic (exact) mass is 253 g/mol. The van der Waals surface area contributed by atoms with E-state index < -0.39 is 0 Å². The summed E-state index contributed by atoms with van der Waals surface area (Å²) in [6.07, 6.45) is 0. The summed E-state index contributed by atoms with van der Waals surface area (Å²) in [5, 5.41) is -0.235. The molecular weight excluding hydrogens is 234 g/mol. The molecule has 0 spiro atoms. The number of benzene rings is 1. The fraction of sp³-hybridized carbons (Fsp3) is 0.417. The van der Waals surface area contributed by atoms with Crippen LogP contribution in [-0.2, 0) is 4.79 Å². The maximum absolute atomic E-state index is 11.7. The Morgan fingerprint density at radius 2 is 2.06 bits per heavy atom. The molecule has 1 unspecified atom stereocenters. The minimum absolute atomic E-state index is 0.153. The van der Waals surface area contributed by atoms with Crippen molar-refractivity contribution in [1.29, 1.82) is 0 Å². The first-order valence-corrected chi connectivity index (χ1v) is 6.51. The van der Waals surface area contributed by atoms with Crippen LogP contribution in [0.3, 0.4) is 0 Å². The van der Waals surface area contributed by atoms with E-state index in [4.69, 9.17) is 5.84 Å². The second kappa shape index (κ2) is 7.32. The van der Waals surface area contributed by atoms with Crippen LogP contribution in [0.25, 0.3) is 0 Å². The molecule has 4 nitrogen and oxygen atoms in total. The molecule has 0 aliphatic carbocycles. The van der Waals surface area contributed by atoms with Crippen molar-refractivity contribution < 1.29 is 4.79 Å². The highest BCUT2D eigenvalue weighted by Gasteiger charge is 2.19. The molecule has 0 aromatic heterocycles. The van der Waals surface area contributed by atoms with E-state index in [-0.39, 0.29) is 11.2 Å². The molecule has 0 saturated heterocycles. The molecule has 1 aromatic carbocycles. The lowest BCUT2D eigenvalue weighted by Gasteiger charge is -2.16. The zero-order valence-corrected chi connectivity index (χ0v) is 11.0. The summed E-state index contributed by atoms with van der Waals surface area (Å²) in [5.41, 5.74) is 3.21. The molecule has 0 aliphatic rings. The lowest BCUT2D eigenvalue weighted by atomic mass is 10.1. The number of nitrogens with zero attached hydrogens (tertiary/aromatic N) is 1. The van der Waals surface area contributed by atoms with Crippen LogP contribution >= 0.6 is 11.8 Å². The van der Waals surface area contributed by atoms with E-state index >= 15 is 0 Å². The summed E-state index contributed by atoms with van der Waals surface area (Å²) in [4.78, 5) is 13.8. The molecule has 3 N–H and O–H groups in total. The molecule has 1 amide bonds. The van der Waals surface area contributed by atoms with E-state index in [2.05, 4.69) is 10.3 Å². The van der Waals surface area contributed by atoms with Crippen LogP contribution in [0.1, 0.15) is 10.8 Å². The molecule has 0 saturated carbocycles. The van der Waals surface area contributed by atoms with Crippen molar-refractivity contribution >= 4 is 17.7 Å². The van der Waals surface area contributed by atoms with E-state index in [1.165, 1.54) is 0 Å². The first-order chi connectivity index (χ1) is 8.15. The fourth-order valence-corrected chi connectivity index (χ4v) is 2.66. The van der Waals surface area contributed by atoms with Gasteiger partial charge >= 0.3 is 0 Å². The van der Waals surface area contributed by atoms with Gasteiger partial charge in [-0.3, -0.25) is 10.2 Å². The molecule has 17 heavy (non-hydrogen) atoms. The van der Waals surface area contributed by atoms with Crippen LogP contribution in [0.5, 0.6) is 0 Å². The third-order valence-electron chi connectivity index (χ3n) is 2.31. The first kappa shape index (κ1) is 14.0. The maximum atomic E-state index is 11.7. The number of thioether (sulfide) groups is 1. The summed E-state index contributed by atoms with van der Waals surface area (Å²) in [6.45, 7) is 0.936. The van der Waals surface area contributed by atoms with Gasteiger partial charge in [-0.15, -0.1) is 11.8 Å². The summed E-state index contributed by atoms with van der Waals surface area (Å²) < 4.78 is 0. The minimum Gasteiger partial charge on any atom is -0.309 e. The summed E-state index contributed by atoms with van der Waals surface area (Å²) in [7, 11) is 4.03. The van der Waals surface area contributed by atoms with Gasteiger partial charge in [0.15, 0.2) is 0 Å². The van der Waals surface area contributed by atoms with Gasteiger partial charge in [-0.1, -0.05) is 30.3 Å². The Morgan fingerprint density at radius 1 is 1.41 bits per heavy atom. The Morgan fingerprint density at radius 3 is 2.59 bits per heavy atom. The van der Waals surface area contributed by atoms with E-state index in [0.717, 1.165) is 17.9 Å². The van der Waals surface area contributed by atoms with Crippen LogP contribution in [0.4, 0.5) is 0 Å². The molecular formula is C12H19N3OS. The van der Waals surface area contributed by atoms with Gasteiger partial charge in [0.2, 0.25) is 0 Å². The van der Waals surface area contributed by atoms with Crippen LogP contribution in [0.2, 0.25) is 0 Å². The third-order valence-corrected chi connectivity index (χ3v) is 3.54. The number of carbonyl (C=O) groups excluding carboxylic acids is 1. The predicted octanol–water partition coefficient (Wildman–Crippen LogP) is 1.01. The normalized spacial score (nSPS) is 12.5. The Labute approximate surface area is 107 Å². The van der Waals surface area contributed by atoms with Crippen molar-refractivity contribution in [3.8, 4) is 0 Å². The smallest absolute Gasteiger partial charge is 0.251 e. The van der Waals surface area contributed by atoms with Crippen molar-refractivity contribution in [2.45, 2.75) is 5.25 Å². The number of rotatable bonds is 6. The van der Waals surface area contributed by atoms with Gasteiger partial charge in [0.1, 0.15) is 5.25 Å². The van der Waals surface area contributed by atoms with Crippen LogP contribution in [0.15, 0.2) is 30.3 Å². The molecule has 94 valence electrons. The molecule has 0 heterocycles. The number of nitrogens with one attached hydrogen (secondary N) is 1. The Hall–Kier alpha value is -1.04. The SMILES string of the molecule is CN(C)CCSC(C(=O)NN)c1ccccc1. The largest absolute Gasteiger partial charge is 0.309 e. The Bertz CT molecular complexity index is 343. The van der Waals surface area contributed by atoms with Gasteiger partial charge in [-0.25, -0.2) is 5.84 Å². The van der Waals surface area contributed by atoms with Gasteiger partial charge in [-0.2, -0.15) is 0 Å². The molecule has 1 atom stereocenters. The highest BCUT2D eigenvalue weighted by molar-refractivity contribution is 8.00. The minimum atomic E-state index is -0.235. The number of hydrogen-bond donors (Lipinski definition) is 2. The topological polar surface area (TPSA) is 58.4 Å². The zero-order chi connectivity index (χ0) is 12.7. The maximum Gasteiger partial charge on any atom is 0.251 e. The Kier molecular flexibility index (Phi) is 6.04. The lowest BCUT2D eigenvalue weighted by Crippen LogP contribution is -2.34. The number of nitrogens with two attached hydrogens (primary N) is 1. The number of amides is 1. The number of hydrogen-bond acceptors (Lipinski definition) is 4. The van der Waals surface area contributed by atoms with Crippen molar-refractivity contribution in [1.82, 2.24) is 10.3 Å². The average molecular weight is 253 g/mol. The van der Waals surface area contributed by atoms with E-state index in [0.29, 0.717) is 0 Å². The molecule has 1 rings (SSSR count). The highest BCUT2D eigenvalue weighted by atomic mass is 32.2. The molecule has 0 radical (unpaired) electrons. The lowest BCUT2D eigenvalue weighted by molar-refractivity contribution is -0.120. The number of hydrazine groups is 1. The predicted molar refractivity (Wildman–Crippen MR) is 72.5 cm³/mol. The van der Waals surface area contributed by atoms with Crippen LogP contribution < -0.4 is 11.3 Å². The first-order valence-electron chi connectivity index (χ1n) is 5.47. The van der Waals surface area contributed by atoms with E-state index in [9.17, 15) is 4.79 Å². The number of carbonyl (C=O) groups is 1. The average Bonchev–Trinajstić information content (AvgIpc) is 2.34. The van der Waals surface area contributed by atoms with E-state index in [1.807, 2.05) is 44.4 Å². The van der Waals surface area contributed by atoms with Crippen molar-refractivity contribution in [2.75, 3.05) is 26.4 Å². The van der Waals surface area contributed by atoms with Gasteiger partial charge < -0.3 is 4.90 Å². The van der Waals surface area contributed by atoms with Crippen molar-refractivity contribution in [3.63, 3.8) is 0 Å². The molecule has 0 aliphatic heterocycles. The molecule has 0 fully saturated rings. The van der Waals surface area contributed by atoms with Crippen molar-refractivity contribution in [3.05, 3.63) is 35.9 Å². The third kappa shape index (κ3) is 4.77. The quantitative estimate of drug-likeness (QED) is 0.451. The summed E-state index contributed by atoms with van der Waals surface area (Å²) >= 11 is 1.60. The molecule has 1 aromatic rings. The second-order valence-corrected chi connectivity index (χ2v) is 5.19. The Balaban J connectivity index is 2.65. The highest BCUT2D eigenvalue weighted by Crippen LogP contribution is 2.28. The second-order valence-electron chi connectivity index (χ2n) is 3.97. The van der Waals surface area contributed by atoms with Gasteiger partial charge in [0.25, 0.3) is 5.91 Å². The zero-order valence-electron chi connectivity index (χ0n) is 10.2. The molecule has 0 bridgehead atoms. The standard InChI is InChI=1S/C12H19N3OS/c1-15(2)8-9-17-11(12(16)14-13)10-6-4-3-5-7-10/h3-7,11H,8-9,13H2,1-2H3,(H,14,16). The van der Waals surface area contributed by atoms with Crippen LogP contribution in [0, 0.1) is 0 Å². The summed E-state index contributed by atoms with van der Waals surface area (Å²) in [5.74, 6) is 5.95. The van der Waals surface area contributed by atoms with Crippen molar-refractivity contribution in [2.24, 2.45) is 5.84 Å². The summed E-state index contributed by atoms with van der Waals surface area (Å²) in [6, 6.07) is 9.69. The van der Waals surface area contributed by atoms with Gasteiger partial charge in [0, 0.05) is 12.3 Å². The van der Waals surface area contributed by atoms with Gasteiger partial charge in [-0.05, 0) is 19.7 Å². The molecule has 5 heteroatoms.